The number of carbonyl (C=O) groups excluding carboxylic acids is 2. The molecule has 1 aromatic carbocycles. The van der Waals surface area contributed by atoms with Gasteiger partial charge in [0, 0.05) is 26.7 Å². The van der Waals surface area contributed by atoms with Gasteiger partial charge < -0.3 is 10.2 Å². The van der Waals surface area contributed by atoms with Crippen LogP contribution in [0.25, 0.3) is 0 Å². The average molecular weight is 332 g/mol. The van der Waals surface area contributed by atoms with Crippen molar-refractivity contribution in [3.63, 3.8) is 0 Å². The maximum atomic E-state index is 11.9. The Morgan fingerprint density at radius 1 is 1.26 bits per heavy atom. The number of halogens is 1. The summed E-state index contributed by atoms with van der Waals surface area (Å²) in [5.41, 5.74) is 3.10. The Labute approximate surface area is 140 Å². The van der Waals surface area contributed by atoms with Crippen molar-refractivity contribution >= 4 is 40.4 Å². The second-order valence-electron chi connectivity index (χ2n) is 5.46. The van der Waals surface area contributed by atoms with E-state index in [1.807, 2.05) is 37.2 Å². The molecule has 5 nitrogen and oxygen atoms in total. The average Bonchev–Trinajstić information content (AvgIpc) is 2.45. The molecular weight excluding hydrogens is 314 g/mol. The topological polar surface area (TPSA) is 61.8 Å². The predicted octanol–water partition coefficient (Wildman–Crippen LogP) is 3.03. The lowest BCUT2D eigenvalue weighted by Crippen LogP contribution is -2.27. The van der Waals surface area contributed by atoms with Crippen LogP contribution in [0.4, 0.5) is 11.4 Å². The molecule has 1 amide bonds. The highest BCUT2D eigenvalue weighted by molar-refractivity contribution is 6.33. The molecule has 1 N–H and O–H groups in total. The van der Waals surface area contributed by atoms with E-state index in [4.69, 9.17) is 11.6 Å². The number of anilines is 1. The molecule has 1 aliphatic rings. The zero-order valence-corrected chi connectivity index (χ0v) is 14.2. The van der Waals surface area contributed by atoms with Crippen LogP contribution in [0, 0.1) is 0 Å². The number of carbonyl (C=O) groups is 2. The van der Waals surface area contributed by atoms with Crippen molar-refractivity contribution in [2.75, 3.05) is 19.0 Å². The van der Waals surface area contributed by atoms with Gasteiger partial charge in [0.2, 0.25) is 11.7 Å². The number of rotatable bonds is 3. The number of nitrogens with one attached hydrogen (secondary N) is 1. The summed E-state index contributed by atoms with van der Waals surface area (Å²) in [6.07, 6.45) is 3.02. The zero-order chi connectivity index (χ0) is 17.1. The molecule has 0 aromatic heterocycles. The molecule has 0 spiro atoms. The summed E-state index contributed by atoms with van der Waals surface area (Å²) in [6.45, 7) is 3.15. The lowest BCUT2D eigenvalue weighted by molar-refractivity contribution is -0.120. The molecule has 0 fully saturated rings. The number of nitrogens with zero attached hydrogens (tertiary/aromatic N) is 2. The van der Waals surface area contributed by atoms with Crippen molar-refractivity contribution < 1.29 is 9.59 Å². The van der Waals surface area contributed by atoms with Crippen LogP contribution in [0.1, 0.15) is 13.8 Å². The lowest BCUT2D eigenvalue weighted by atomic mass is 10.0. The minimum absolute atomic E-state index is 0.211. The fraction of sp³-hybridized carbons (Fsp3) is 0.235. The van der Waals surface area contributed by atoms with Crippen LogP contribution in [0.15, 0.2) is 46.6 Å². The van der Waals surface area contributed by atoms with E-state index in [2.05, 4.69) is 10.3 Å². The molecule has 23 heavy (non-hydrogen) atoms. The lowest BCUT2D eigenvalue weighted by Gasteiger charge is -2.15. The number of amides is 1. The predicted molar refractivity (Wildman–Crippen MR) is 93.5 cm³/mol. The summed E-state index contributed by atoms with van der Waals surface area (Å²) in [5.74, 6) is -0.545. The van der Waals surface area contributed by atoms with Gasteiger partial charge >= 0.3 is 0 Å². The highest BCUT2D eigenvalue weighted by Crippen LogP contribution is 2.30. The highest BCUT2D eigenvalue weighted by Gasteiger charge is 2.17. The van der Waals surface area contributed by atoms with Gasteiger partial charge in [0.05, 0.1) is 22.1 Å². The Morgan fingerprint density at radius 2 is 1.96 bits per heavy atom. The molecule has 120 valence electrons. The molecule has 0 aliphatic heterocycles. The van der Waals surface area contributed by atoms with E-state index in [-0.39, 0.29) is 17.4 Å². The molecule has 0 bridgehead atoms. The van der Waals surface area contributed by atoms with Gasteiger partial charge in [0.1, 0.15) is 0 Å². The summed E-state index contributed by atoms with van der Waals surface area (Å²) in [7, 11) is 3.86. The molecule has 2 rings (SSSR count). The summed E-state index contributed by atoms with van der Waals surface area (Å²) in [5, 5.41) is 3.03. The number of allylic oxidation sites excluding steroid dienone is 3. The Bertz CT molecular complexity index is 761. The van der Waals surface area contributed by atoms with Gasteiger partial charge in [0.25, 0.3) is 0 Å². The van der Waals surface area contributed by atoms with Crippen molar-refractivity contribution in [1.29, 1.82) is 0 Å². The van der Waals surface area contributed by atoms with Crippen LogP contribution in [0.2, 0.25) is 5.02 Å². The van der Waals surface area contributed by atoms with Crippen molar-refractivity contribution in [2.45, 2.75) is 13.8 Å². The molecule has 0 unspecified atom stereocenters. The van der Waals surface area contributed by atoms with Crippen LogP contribution in [-0.4, -0.2) is 31.5 Å². The van der Waals surface area contributed by atoms with Gasteiger partial charge in [-0.1, -0.05) is 11.6 Å². The molecule has 0 saturated heterocycles. The number of aliphatic imine (C=N–C) groups is 1. The van der Waals surface area contributed by atoms with Crippen molar-refractivity contribution in [3.8, 4) is 0 Å². The highest BCUT2D eigenvalue weighted by atomic mass is 35.5. The third kappa shape index (κ3) is 4.07. The number of hydrogen-bond donors (Lipinski definition) is 1. The van der Waals surface area contributed by atoms with Gasteiger partial charge in [-0.25, -0.2) is 4.99 Å². The Kier molecular flexibility index (Phi) is 5.01. The number of hydrogen-bond acceptors (Lipinski definition) is 4. The molecule has 0 atom stereocenters. The molecule has 0 heterocycles. The van der Waals surface area contributed by atoms with E-state index in [1.54, 1.807) is 13.0 Å². The largest absolute Gasteiger partial charge is 0.378 e. The molecular formula is C17H18ClN3O2. The van der Waals surface area contributed by atoms with E-state index < -0.39 is 0 Å². The maximum absolute atomic E-state index is 11.9. The second-order valence-corrected chi connectivity index (χ2v) is 5.87. The van der Waals surface area contributed by atoms with E-state index in [0.29, 0.717) is 16.4 Å². The van der Waals surface area contributed by atoms with Crippen molar-refractivity contribution in [2.24, 2.45) is 4.99 Å². The summed E-state index contributed by atoms with van der Waals surface area (Å²) in [4.78, 5) is 29.5. The first-order valence-corrected chi connectivity index (χ1v) is 7.43. The van der Waals surface area contributed by atoms with Crippen LogP contribution in [-0.2, 0) is 9.59 Å². The second kappa shape index (κ2) is 6.79. The molecule has 1 aromatic rings. The fourth-order valence-electron chi connectivity index (χ4n) is 2.07. The first-order valence-electron chi connectivity index (χ1n) is 7.06. The third-order valence-electron chi connectivity index (χ3n) is 3.30. The number of benzene rings is 1. The smallest absolute Gasteiger partial charge is 0.221 e. The quantitative estimate of drug-likeness (QED) is 0.866. The first-order chi connectivity index (χ1) is 10.8. The monoisotopic (exact) mass is 331 g/mol. The molecule has 0 radical (unpaired) electrons. The van der Waals surface area contributed by atoms with Crippen LogP contribution >= 0.6 is 11.6 Å². The van der Waals surface area contributed by atoms with Gasteiger partial charge in [-0.05, 0) is 42.8 Å². The Balaban J connectivity index is 2.41. The first kappa shape index (κ1) is 17.0. The van der Waals surface area contributed by atoms with E-state index in [9.17, 15) is 9.59 Å². The van der Waals surface area contributed by atoms with E-state index in [1.165, 1.54) is 13.0 Å². The number of ketones is 1. The molecule has 1 aliphatic carbocycles. The van der Waals surface area contributed by atoms with E-state index >= 15 is 0 Å². The minimum atomic E-state index is -0.301. The van der Waals surface area contributed by atoms with Gasteiger partial charge in [-0.2, -0.15) is 0 Å². The molecule has 0 saturated carbocycles. The molecule has 6 heteroatoms. The van der Waals surface area contributed by atoms with Gasteiger partial charge in [-0.15, -0.1) is 0 Å². The van der Waals surface area contributed by atoms with E-state index in [0.717, 1.165) is 11.3 Å². The fourth-order valence-corrected chi connectivity index (χ4v) is 2.29. The Morgan fingerprint density at radius 3 is 2.52 bits per heavy atom. The summed E-state index contributed by atoms with van der Waals surface area (Å²) in [6, 6.07) is 5.56. The van der Waals surface area contributed by atoms with Gasteiger partial charge in [-0.3, -0.25) is 9.59 Å². The Hall–Kier alpha value is -2.40. The van der Waals surface area contributed by atoms with Crippen LogP contribution in [0.3, 0.4) is 0 Å². The third-order valence-corrected chi connectivity index (χ3v) is 3.60. The maximum Gasteiger partial charge on any atom is 0.221 e. The van der Waals surface area contributed by atoms with Crippen molar-refractivity contribution in [3.05, 3.63) is 46.6 Å². The standard InChI is InChI=1S/C17H18ClN3O2/c1-10-7-17(23)16(19-11(2)22)9-15(10)20-14-6-5-12(21(3)4)8-13(14)18/h5-9H,1-4H3,(H,19,22). The van der Waals surface area contributed by atoms with Crippen molar-refractivity contribution in [1.82, 2.24) is 5.32 Å². The SMILES string of the molecule is CC(=O)NC1=CC(=Nc2ccc(N(C)C)cc2Cl)C(C)=CC1=O. The van der Waals surface area contributed by atoms with Crippen LogP contribution < -0.4 is 10.2 Å². The summed E-state index contributed by atoms with van der Waals surface area (Å²) < 4.78 is 0. The van der Waals surface area contributed by atoms with Gasteiger partial charge in [0.15, 0.2) is 0 Å². The summed E-state index contributed by atoms with van der Waals surface area (Å²) >= 11 is 6.28. The van der Waals surface area contributed by atoms with Crippen LogP contribution in [0.5, 0.6) is 0 Å². The normalized spacial score (nSPS) is 16.0. The zero-order valence-electron chi connectivity index (χ0n) is 13.5. The minimum Gasteiger partial charge on any atom is -0.378 e.